The molecule has 0 spiro atoms. The fourth-order valence-corrected chi connectivity index (χ4v) is 2.46. The quantitative estimate of drug-likeness (QED) is 0.813. The van der Waals surface area contributed by atoms with Gasteiger partial charge in [0.2, 0.25) is 0 Å². The van der Waals surface area contributed by atoms with Gasteiger partial charge in [0.25, 0.3) is 0 Å². The van der Waals surface area contributed by atoms with E-state index in [9.17, 15) is 9.90 Å². The zero-order chi connectivity index (χ0) is 14.6. The van der Waals surface area contributed by atoms with E-state index in [4.69, 9.17) is 0 Å². The van der Waals surface area contributed by atoms with Crippen molar-refractivity contribution >= 4 is 11.6 Å². The molecule has 0 saturated carbocycles. The summed E-state index contributed by atoms with van der Waals surface area (Å²) in [6, 6.07) is 5.93. The van der Waals surface area contributed by atoms with Crippen molar-refractivity contribution in [2.45, 2.75) is 33.2 Å². The maximum absolute atomic E-state index is 11.4. The van der Waals surface area contributed by atoms with E-state index in [1.807, 2.05) is 42.6 Å². The van der Waals surface area contributed by atoms with Crippen molar-refractivity contribution in [1.29, 1.82) is 0 Å². The highest BCUT2D eigenvalue weighted by Crippen LogP contribution is 2.25. The molecule has 0 aliphatic carbocycles. The third kappa shape index (κ3) is 2.67. The molecule has 0 aromatic carbocycles. The lowest BCUT2D eigenvalue weighted by Crippen LogP contribution is -2.40. The third-order valence-corrected chi connectivity index (χ3v) is 4.09. The van der Waals surface area contributed by atoms with E-state index >= 15 is 0 Å². The predicted octanol–water partition coefficient (Wildman–Crippen LogP) is 2.31. The molecule has 2 N–H and O–H groups in total. The minimum absolute atomic E-state index is 0.473. The van der Waals surface area contributed by atoms with Crippen molar-refractivity contribution < 1.29 is 9.90 Å². The first-order valence-corrected chi connectivity index (χ1v) is 6.98. The Morgan fingerprint density at radius 1 is 1.40 bits per heavy atom. The Labute approximate surface area is 118 Å². The molecule has 108 valence electrons. The van der Waals surface area contributed by atoms with Gasteiger partial charge in [-0.2, -0.15) is 0 Å². The largest absolute Gasteiger partial charge is 0.481 e. The number of fused-ring (bicyclic) bond motifs is 1. The second-order valence-corrected chi connectivity index (χ2v) is 5.07. The van der Waals surface area contributed by atoms with Gasteiger partial charge < -0.3 is 14.8 Å². The lowest BCUT2D eigenvalue weighted by Gasteiger charge is -2.27. The van der Waals surface area contributed by atoms with Gasteiger partial charge in [0.1, 0.15) is 5.65 Å². The standard InChI is InChI=1S/C15H21N3O2/c1-3-15(4-2,14(19)20)11-16-10-12-6-5-7-13-17-8-9-18(12)13/h5-9,16H,3-4,10-11H2,1-2H3,(H,19,20). The van der Waals surface area contributed by atoms with Gasteiger partial charge in [-0.3, -0.25) is 4.79 Å². The maximum Gasteiger partial charge on any atom is 0.310 e. The Balaban J connectivity index is 2.05. The first-order valence-electron chi connectivity index (χ1n) is 6.98. The van der Waals surface area contributed by atoms with Gasteiger partial charge in [0, 0.05) is 31.2 Å². The zero-order valence-electron chi connectivity index (χ0n) is 12.0. The summed E-state index contributed by atoms with van der Waals surface area (Å²) in [4.78, 5) is 15.7. The van der Waals surface area contributed by atoms with Crippen molar-refractivity contribution in [2.75, 3.05) is 6.54 Å². The van der Waals surface area contributed by atoms with Gasteiger partial charge in [-0.25, -0.2) is 4.98 Å². The summed E-state index contributed by atoms with van der Waals surface area (Å²) in [6.07, 6.45) is 4.93. The number of hydrogen-bond donors (Lipinski definition) is 2. The fourth-order valence-electron chi connectivity index (χ4n) is 2.46. The molecule has 5 nitrogen and oxygen atoms in total. The number of carboxylic acid groups (broad SMARTS) is 1. The highest BCUT2D eigenvalue weighted by Gasteiger charge is 2.34. The number of aromatic nitrogens is 2. The molecule has 0 unspecified atom stereocenters. The van der Waals surface area contributed by atoms with Crippen molar-refractivity contribution in [3.63, 3.8) is 0 Å². The Morgan fingerprint density at radius 2 is 2.15 bits per heavy atom. The number of aliphatic carboxylic acids is 1. The monoisotopic (exact) mass is 275 g/mol. The van der Waals surface area contributed by atoms with Crippen LogP contribution in [0.5, 0.6) is 0 Å². The van der Waals surface area contributed by atoms with Crippen LogP contribution in [0.1, 0.15) is 32.4 Å². The first-order chi connectivity index (χ1) is 9.63. The van der Waals surface area contributed by atoms with Crippen LogP contribution in [0.2, 0.25) is 0 Å². The molecule has 0 aliphatic heterocycles. The molecule has 0 amide bonds. The van der Waals surface area contributed by atoms with Crippen LogP contribution in [0.25, 0.3) is 5.65 Å². The fraction of sp³-hybridized carbons (Fsp3) is 0.467. The molecular weight excluding hydrogens is 254 g/mol. The molecule has 20 heavy (non-hydrogen) atoms. The first kappa shape index (κ1) is 14.5. The predicted molar refractivity (Wildman–Crippen MR) is 77.5 cm³/mol. The molecule has 2 aromatic heterocycles. The smallest absolute Gasteiger partial charge is 0.310 e. The Kier molecular flexibility index (Phi) is 4.39. The Hall–Kier alpha value is -1.88. The third-order valence-electron chi connectivity index (χ3n) is 4.09. The molecule has 2 aromatic rings. The molecule has 0 bridgehead atoms. The van der Waals surface area contributed by atoms with Crippen molar-refractivity contribution in [3.05, 3.63) is 36.3 Å². The molecule has 2 heterocycles. The van der Waals surface area contributed by atoms with Crippen LogP contribution in [0, 0.1) is 5.41 Å². The van der Waals surface area contributed by atoms with Crippen molar-refractivity contribution in [1.82, 2.24) is 14.7 Å². The lowest BCUT2D eigenvalue weighted by molar-refractivity contribution is -0.149. The van der Waals surface area contributed by atoms with E-state index < -0.39 is 11.4 Å². The van der Waals surface area contributed by atoms with Gasteiger partial charge in [0.05, 0.1) is 5.41 Å². The van der Waals surface area contributed by atoms with E-state index in [0.29, 0.717) is 25.9 Å². The van der Waals surface area contributed by atoms with Crippen LogP contribution >= 0.6 is 0 Å². The SMILES string of the molecule is CCC(CC)(CNCc1cccc2nccn12)C(=O)O. The van der Waals surface area contributed by atoms with Crippen LogP contribution in [-0.4, -0.2) is 27.0 Å². The minimum Gasteiger partial charge on any atom is -0.481 e. The normalized spacial score (nSPS) is 11.9. The van der Waals surface area contributed by atoms with Crippen LogP contribution in [0.3, 0.4) is 0 Å². The molecule has 0 aliphatic rings. The summed E-state index contributed by atoms with van der Waals surface area (Å²) in [6.45, 7) is 4.95. The topological polar surface area (TPSA) is 66.6 Å². The summed E-state index contributed by atoms with van der Waals surface area (Å²) < 4.78 is 2.01. The van der Waals surface area contributed by atoms with Gasteiger partial charge in [-0.1, -0.05) is 19.9 Å². The number of carbonyl (C=O) groups is 1. The number of nitrogens with zero attached hydrogens (tertiary/aromatic N) is 2. The second-order valence-electron chi connectivity index (χ2n) is 5.07. The molecular formula is C15H21N3O2. The lowest BCUT2D eigenvalue weighted by atomic mass is 9.82. The second kappa shape index (κ2) is 6.05. The molecule has 0 radical (unpaired) electrons. The Bertz CT molecular complexity index is 588. The van der Waals surface area contributed by atoms with E-state index in [1.54, 1.807) is 6.20 Å². The van der Waals surface area contributed by atoms with Gasteiger partial charge in [-0.15, -0.1) is 0 Å². The molecule has 0 atom stereocenters. The van der Waals surface area contributed by atoms with E-state index in [-0.39, 0.29) is 0 Å². The number of hydrogen-bond acceptors (Lipinski definition) is 3. The highest BCUT2D eigenvalue weighted by atomic mass is 16.4. The van der Waals surface area contributed by atoms with E-state index in [1.165, 1.54) is 0 Å². The van der Waals surface area contributed by atoms with Crippen LogP contribution < -0.4 is 5.32 Å². The highest BCUT2D eigenvalue weighted by molar-refractivity contribution is 5.74. The van der Waals surface area contributed by atoms with Crippen molar-refractivity contribution in [3.8, 4) is 0 Å². The van der Waals surface area contributed by atoms with Gasteiger partial charge in [-0.05, 0) is 25.0 Å². The summed E-state index contributed by atoms with van der Waals surface area (Å²) in [5.41, 5.74) is 1.30. The van der Waals surface area contributed by atoms with Crippen LogP contribution in [-0.2, 0) is 11.3 Å². The number of imidazole rings is 1. The van der Waals surface area contributed by atoms with E-state index in [0.717, 1.165) is 11.3 Å². The van der Waals surface area contributed by atoms with Crippen LogP contribution in [0.15, 0.2) is 30.6 Å². The van der Waals surface area contributed by atoms with Crippen LogP contribution in [0.4, 0.5) is 0 Å². The van der Waals surface area contributed by atoms with Gasteiger partial charge >= 0.3 is 5.97 Å². The number of pyridine rings is 1. The average molecular weight is 275 g/mol. The molecule has 0 fully saturated rings. The summed E-state index contributed by atoms with van der Waals surface area (Å²) in [5.74, 6) is -0.726. The molecule has 5 heteroatoms. The number of nitrogens with one attached hydrogen (secondary N) is 1. The van der Waals surface area contributed by atoms with Crippen molar-refractivity contribution in [2.24, 2.45) is 5.41 Å². The zero-order valence-corrected chi connectivity index (χ0v) is 12.0. The van der Waals surface area contributed by atoms with Gasteiger partial charge in [0.15, 0.2) is 0 Å². The summed E-state index contributed by atoms with van der Waals surface area (Å²) in [7, 11) is 0. The molecule has 2 rings (SSSR count). The summed E-state index contributed by atoms with van der Waals surface area (Å²) >= 11 is 0. The minimum atomic E-state index is -0.726. The Morgan fingerprint density at radius 3 is 2.80 bits per heavy atom. The number of rotatable bonds is 7. The average Bonchev–Trinajstić information content (AvgIpc) is 2.93. The summed E-state index contributed by atoms with van der Waals surface area (Å²) in [5, 5.41) is 12.7. The maximum atomic E-state index is 11.4. The number of carboxylic acids is 1. The van der Waals surface area contributed by atoms with E-state index in [2.05, 4.69) is 10.3 Å². The molecule has 0 saturated heterocycles.